The van der Waals surface area contributed by atoms with Crippen molar-refractivity contribution in [2.24, 2.45) is 0 Å². The van der Waals surface area contributed by atoms with Crippen LogP contribution in [0.15, 0.2) is 41.3 Å². The van der Waals surface area contributed by atoms with E-state index in [1.807, 2.05) is 18.2 Å². The van der Waals surface area contributed by atoms with Crippen LogP contribution in [-0.4, -0.2) is 58.1 Å². The Hall–Kier alpha value is -2.07. The van der Waals surface area contributed by atoms with Crippen molar-refractivity contribution in [3.63, 3.8) is 0 Å². The largest absolute Gasteiger partial charge is 0.497 e. The van der Waals surface area contributed by atoms with E-state index in [2.05, 4.69) is 9.88 Å². The van der Waals surface area contributed by atoms with Crippen LogP contribution in [0, 0.1) is 0 Å². The molecule has 2 heterocycles. The number of thiazole rings is 1. The minimum absolute atomic E-state index is 0.113. The van der Waals surface area contributed by atoms with Crippen molar-refractivity contribution in [2.45, 2.75) is 4.90 Å². The number of methoxy groups -OCH3 is 2. The molecule has 29 heavy (non-hydrogen) atoms. The number of rotatable bonds is 5. The summed E-state index contributed by atoms with van der Waals surface area (Å²) in [5, 5.41) is 1.55. The molecule has 0 unspecified atom stereocenters. The zero-order valence-electron chi connectivity index (χ0n) is 16.0. The van der Waals surface area contributed by atoms with Crippen molar-refractivity contribution >= 4 is 48.3 Å². The fourth-order valence-corrected chi connectivity index (χ4v) is 6.15. The second kappa shape index (κ2) is 7.98. The van der Waals surface area contributed by atoms with Crippen LogP contribution >= 0.6 is 22.9 Å². The Bertz CT molecular complexity index is 1140. The summed E-state index contributed by atoms with van der Waals surface area (Å²) in [6.07, 6.45) is 0. The van der Waals surface area contributed by atoms with Crippen molar-refractivity contribution < 1.29 is 17.9 Å². The fraction of sp³-hybridized carbons (Fsp3) is 0.316. The van der Waals surface area contributed by atoms with E-state index in [1.54, 1.807) is 23.5 Å². The molecule has 0 spiro atoms. The van der Waals surface area contributed by atoms with Gasteiger partial charge in [-0.15, -0.1) is 0 Å². The first kappa shape index (κ1) is 20.2. The van der Waals surface area contributed by atoms with Crippen LogP contribution in [0.5, 0.6) is 11.5 Å². The van der Waals surface area contributed by atoms with E-state index in [1.165, 1.54) is 24.6 Å². The molecule has 0 saturated carbocycles. The van der Waals surface area contributed by atoms with Gasteiger partial charge < -0.3 is 14.4 Å². The number of benzene rings is 2. The number of aromatic nitrogens is 1. The first-order valence-corrected chi connectivity index (χ1v) is 11.6. The summed E-state index contributed by atoms with van der Waals surface area (Å²) >= 11 is 7.62. The van der Waals surface area contributed by atoms with Gasteiger partial charge in [0.15, 0.2) is 5.13 Å². The van der Waals surface area contributed by atoms with E-state index in [0.717, 1.165) is 15.3 Å². The van der Waals surface area contributed by atoms with Crippen LogP contribution in [0.4, 0.5) is 5.13 Å². The molecule has 0 amide bonds. The zero-order valence-corrected chi connectivity index (χ0v) is 18.4. The fourth-order valence-electron chi connectivity index (χ4n) is 3.27. The highest BCUT2D eigenvalue weighted by atomic mass is 35.5. The Morgan fingerprint density at radius 3 is 2.48 bits per heavy atom. The number of ether oxygens (including phenoxy) is 2. The van der Waals surface area contributed by atoms with Gasteiger partial charge in [-0.3, -0.25) is 0 Å². The number of anilines is 1. The van der Waals surface area contributed by atoms with Crippen molar-refractivity contribution in [3.05, 3.63) is 41.4 Å². The predicted molar refractivity (Wildman–Crippen MR) is 115 cm³/mol. The van der Waals surface area contributed by atoms with E-state index in [9.17, 15) is 8.42 Å². The number of nitrogens with zero attached hydrogens (tertiary/aromatic N) is 3. The van der Waals surface area contributed by atoms with E-state index >= 15 is 0 Å². The van der Waals surface area contributed by atoms with Gasteiger partial charge in [0.1, 0.15) is 16.4 Å². The topological polar surface area (TPSA) is 72.0 Å². The Balaban J connectivity index is 1.54. The molecule has 3 aromatic rings. The molecule has 1 fully saturated rings. The molecule has 0 N–H and O–H groups in total. The molecule has 10 heteroatoms. The van der Waals surface area contributed by atoms with Crippen LogP contribution in [-0.2, 0) is 10.0 Å². The van der Waals surface area contributed by atoms with Gasteiger partial charge in [-0.2, -0.15) is 4.31 Å². The molecular formula is C19H20ClN3O4S2. The number of sulfonamides is 1. The average molecular weight is 454 g/mol. The first-order valence-electron chi connectivity index (χ1n) is 8.95. The molecule has 154 valence electrons. The molecule has 0 bridgehead atoms. The van der Waals surface area contributed by atoms with Crippen LogP contribution in [0.25, 0.3) is 10.2 Å². The Labute approximate surface area is 178 Å². The van der Waals surface area contributed by atoms with Gasteiger partial charge in [0, 0.05) is 37.3 Å². The summed E-state index contributed by atoms with van der Waals surface area (Å²) < 4.78 is 39.3. The summed E-state index contributed by atoms with van der Waals surface area (Å²) in [6, 6.07) is 10.4. The molecule has 4 rings (SSSR count). The highest BCUT2D eigenvalue weighted by molar-refractivity contribution is 7.89. The zero-order chi connectivity index (χ0) is 20.6. The second-order valence-electron chi connectivity index (χ2n) is 6.52. The number of halogens is 1. The molecule has 1 aliphatic heterocycles. The molecule has 0 radical (unpaired) electrons. The first-order chi connectivity index (χ1) is 13.9. The van der Waals surface area contributed by atoms with Gasteiger partial charge in [-0.05, 0) is 30.3 Å². The van der Waals surface area contributed by atoms with Gasteiger partial charge in [0.05, 0.1) is 24.4 Å². The van der Waals surface area contributed by atoms with Gasteiger partial charge in [-0.25, -0.2) is 13.4 Å². The maximum Gasteiger partial charge on any atom is 0.247 e. The maximum atomic E-state index is 13.2. The third-order valence-corrected chi connectivity index (χ3v) is 8.07. The molecule has 0 atom stereocenters. The third kappa shape index (κ3) is 3.87. The number of hydrogen-bond donors (Lipinski definition) is 0. The van der Waals surface area contributed by atoms with Crippen LogP contribution in [0.3, 0.4) is 0 Å². The maximum absolute atomic E-state index is 13.2. The number of hydrogen-bond acceptors (Lipinski definition) is 7. The number of piperazine rings is 1. The summed E-state index contributed by atoms with van der Waals surface area (Å²) in [5.74, 6) is 0.771. The lowest BCUT2D eigenvalue weighted by Gasteiger charge is -2.34. The molecule has 1 aromatic heterocycles. The molecular weight excluding hydrogens is 434 g/mol. The van der Waals surface area contributed by atoms with Gasteiger partial charge in [0.25, 0.3) is 0 Å². The lowest BCUT2D eigenvalue weighted by Crippen LogP contribution is -2.48. The van der Waals surface area contributed by atoms with Gasteiger partial charge in [0.2, 0.25) is 10.0 Å². The highest BCUT2D eigenvalue weighted by Crippen LogP contribution is 2.33. The Kier molecular flexibility index (Phi) is 5.56. The van der Waals surface area contributed by atoms with E-state index in [4.69, 9.17) is 21.1 Å². The minimum atomic E-state index is -3.71. The highest BCUT2D eigenvalue weighted by Gasteiger charge is 2.32. The lowest BCUT2D eigenvalue weighted by molar-refractivity contribution is 0.370. The average Bonchev–Trinajstić information content (AvgIpc) is 3.16. The summed E-state index contributed by atoms with van der Waals surface area (Å²) in [7, 11) is -0.747. The van der Waals surface area contributed by atoms with Crippen LogP contribution in [0.2, 0.25) is 5.02 Å². The Morgan fingerprint density at radius 1 is 1.03 bits per heavy atom. The van der Waals surface area contributed by atoms with Crippen molar-refractivity contribution in [3.8, 4) is 11.5 Å². The second-order valence-corrected chi connectivity index (χ2v) is 9.87. The molecule has 2 aromatic carbocycles. The molecule has 7 nitrogen and oxygen atoms in total. The SMILES string of the molecule is COc1ccc(OC)c(S(=O)(=O)N2CCN(c3nc4ccc(Cl)cc4s3)CC2)c1. The number of fused-ring (bicyclic) bond motifs is 1. The van der Waals surface area contributed by atoms with Gasteiger partial charge >= 0.3 is 0 Å². The normalized spacial score (nSPS) is 15.6. The monoisotopic (exact) mass is 453 g/mol. The lowest BCUT2D eigenvalue weighted by atomic mass is 10.3. The summed E-state index contributed by atoms with van der Waals surface area (Å²) in [5.41, 5.74) is 0.894. The quantitative estimate of drug-likeness (QED) is 0.589. The molecule has 1 aliphatic rings. The van der Waals surface area contributed by atoms with Crippen LogP contribution in [0.1, 0.15) is 0 Å². The van der Waals surface area contributed by atoms with Gasteiger partial charge in [-0.1, -0.05) is 22.9 Å². The standard InChI is InChI=1S/C19H20ClN3O4S2/c1-26-14-4-6-16(27-2)18(12-14)29(24,25)23-9-7-22(8-10-23)19-21-15-5-3-13(20)11-17(15)28-19/h3-6,11-12H,7-10H2,1-2H3. The van der Waals surface area contributed by atoms with E-state index in [0.29, 0.717) is 42.7 Å². The molecule has 1 saturated heterocycles. The van der Waals surface area contributed by atoms with E-state index in [-0.39, 0.29) is 4.90 Å². The summed E-state index contributed by atoms with van der Waals surface area (Å²) in [6.45, 7) is 1.83. The molecule has 0 aliphatic carbocycles. The predicted octanol–water partition coefficient (Wildman–Crippen LogP) is 3.48. The minimum Gasteiger partial charge on any atom is -0.497 e. The third-order valence-electron chi connectivity index (χ3n) is 4.84. The van der Waals surface area contributed by atoms with Crippen LogP contribution < -0.4 is 14.4 Å². The smallest absolute Gasteiger partial charge is 0.247 e. The Morgan fingerprint density at radius 2 is 1.79 bits per heavy atom. The van der Waals surface area contributed by atoms with Crippen molar-refractivity contribution in [2.75, 3.05) is 45.3 Å². The van der Waals surface area contributed by atoms with Crippen molar-refractivity contribution in [1.82, 2.24) is 9.29 Å². The summed E-state index contributed by atoms with van der Waals surface area (Å²) in [4.78, 5) is 6.87. The van der Waals surface area contributed by atoms with E-state index < -0.39 is 10.0 Å². The van der Waals surface area contributed by atoms with Crippen molar-refractivity contribution in [1.29, 1.82) is 0 Å².